The third-order valence-corrected chi connectivity index (χ3v) is 1.97. The molecular formula is C14H14O4. The number of carbonyl (C=O) groups is 2. The topological polar surface area (TPSA) is 52.6 Å². The number of hydrogen-bond acceptors (Lipinski definition) is 4. The molecule has 1 aromatic carbocycles. The second kappa shape index (κ2) is 7.06. The third-order valence-electron chi connectivity index (χ3n) is 1.97. The molecule has 0 saturated heterocycles. The summed E-state index contributed by atoms with van der Waals surface area (Å²) in [5.74, 6) is -1.05. The van der Waals surface area contributed by atoms with Gasteiger partial charge in [-0.05, 0) is 6.92 Å². The van der Waals surface area contributed by atoms with Gasteiger partial charge in [0.1, 0.15) is 5.76 Å². The van der Waals surface area contributed by atoms with Gasteiger partial charge in [-0.25, -0.2) is 9.59 Å². The van der Waals surface area contributed by atoms with Gasteiger partial charge in [-0.2, -0.15) is 0 Å². The van der Waals surface area contributed by atoms with Crippen molar-refractivity contribution < 1.29 is 19.1 Å². The van der Waals surface area contributed by atoms with Crippen LogP contribution in [0, 0.1) is 0 Å². The van der Waals surface area contributed by atoms with Gasteiger partial charge >= 0.3 is 11.9 Å². The van der Waals surface area contributed by atoms with E-state index >= 15 is 0 Å². The van der Waals surface area contributed by atoms with Gasteiger partial charge in [0.2, 0.25) is 0 Å². The van der Waals surface area contributed by atoms with Crippen LogP contribution in [-0.2, 0) is 19.1 Å². The largest absolute Gasteiger partial charge is 0.463 e. The van der Waals surface area contributed by atoms with Crippen molar-refractivity contribution >= 4 is 17.7 Å². The molecule has 0 bridgehead atoms. The number of esters is 2. The molecule has 0 radical (unpaired) electrons. The highest BCUT2D eigenvalue weighted by atomic mass is 16.5. The van der Waals surface area contributed by atoms with E-state index in [4.69, 9.17) is 9.47 Å². The number of hydrogen-bond donors (Lipinski definition) is 0. The Kier molecular flexibility index (Phi) is 5.38. The van der Waals surface area contributed by atoms with Crippen molar-refractivity contribution in [1.29, 1.82) is 0 Å². The monoisotopic (exact) mass is 246 g/mol. The zero-order valence-electron chi connectivity index (χ0n) is 10.1. The van der Waals surface area contributed by atoms with E-state index < -0.39 is 11.9 Å². The first-order valence-corrected chi connectivity index (χ1v) is 5.45. The summed E-state index contributed by atoms with van der Waals surface area (Å²) in [5.41, 5.74) is 0.612. The Labute approximate surface area is 106 Å². The molecule has 0 spiro atoms. The highest BCUT2D eigenvalue weighted by molar-refractivity contribution is 5.94. The van der Waals surface area contributed by atoms with Crippen LogP contribution in [0.3, 0.4) is 0 Å². The van der Waals surface area contributed by atoms with E-state index in [2.05, 4.69) is 6.58 Å². The maximum Gasteiger partial charge on any atom is 0.335 e. The Morgan fingerprint density at radius 2 is 1.89 bits per heavy atom. The maximum atomic E-state index is 11.4. The lowest BCUT2D eigenvalue weighted by Gasteiger charge is -2.07. The molecule has 0 fully saturated rings. The zero-order valence-corrected chi connectivity index (χ0v) is 10.1. The molecule has 0 N–H and O–H groups in total. The lowest BCUT2D eigenvalue weighted by atomic mass is 10.2. The molecule has 0 atom stereocenters. The summed E-state index contributed by atoms with van der Waals surface area (Å²) in [5, 5.41) is 0. The second-order valence-corrected chi connectivity index (χ2v) is 3.25. The molecule has 0 aliphatic heterocycles. The molecule has 1 aromatic rings. The molecule has 1 rings (SSSR count). The smallest absolute Gasteiger partial charge is 0.335 e. The van der Waals surface area contributed by atoms with Crippen LogP contribution in [0.4, 0.5) is 0 Å². The summed E-state index contributed by atoms with van der Waals surface area (Å²) in [6.07, 6.45) is 2.17. The predicted octanol–water partition coefficient (Wildman–Crippen LogP) is 2.32. The van der Waals surface area contributed by atoms with Crippen LogP contribution < -0.4 is 0 Å². The molecule has 0 saturated carbocycles. The molecule has 0 aliphatic rings. The Morgan fingerprint density at radius 1 is 1.22 bits per heavy atom. The fourth-order valence-corrected chi connectivity index (χ4v) is 1.22. The van der Waals surface area contributed by atoms with Crippen molar-refractivity contribution in [2.24, 2.45) is 0 Å². The van der Waals surface area contributed by atoms with Gasteiger partial charge in [-0.3, -0.25) is 0 Å². The van der Waals surface area contributed by atoms with E-state index in [1.807, 2.05) is 6.07 Å². The van der Waals surface area contributed by atoms with Gasteiger partial charge in [0, 0.05) is 11.6 Å². The van der Waals surface area contributed by atoms with Gasteiger partial charge in [0.25, 0.3) is 0 Å². The van der Waals surface area contributed by atoms with Crippen LogP contribution >= 0.6 is 0 Å². The molecule has 0 aliphatic carbocycles. The highest BCUT2D eigenvalue weighted by Gasteiger charge is 2.09. The molecule has 0 aromatic heterocycles. The normalized spacial score (nSPS) is 10.6. The zero-order chi connectivity index (χ0) is 13.4. The fraction of sp³-hybridized carbons (Fsp3) is 0.143. The van der Waals surface area contributed by atoms with Gasteiger partial charge in [0.05, 0.1) is 12.7 Å². The van der Waals surface area contributed by atoms with Crippen molar-refractivity contribution in [1.82, 2.24) is 0 Å². The van der Waals surface area contributed by atoms with E-state index in [1.54, 1.807) is 31.2 Å². The average Bonchev–Trinajstić information content (AvgIpc) is 2.39. The molecule has 94 valence electrons. The van der Waals surface area contributed by atoms with Crippen molar-refractivity contribution in [3.05, 3.63) is 54.6 Å². The van der Waals surface area contributed by atoms with Crippen LogP contribution in [0.2, 0.25) is 0 Å². The number of rotatable bonds is 5. The van der Waals surface area contributed by atoms with Crippen LogP contribution in [0.1, 0.15) is 12.5 Å². The highest BCUT2D eigenvalue weighted by Crippen LogP contribution is 2.16. The summed E-state index contributed by atoms with van der Waals surface area (Å²) in [4.78, 5) is 22.6. The number of ether oxygens (including phenoxy) is 2. The first-order valence-electron chi connectivity index (χ1n) is 5.45. The average molecular weight is 246 g/mol. The minimum Gasteiger partial charge on any atom is -0.463 e. The standard InChI is InChI=1S/C14H14O4/c1-3-13(15)18-12(10-14(16)17-4-2)11-8-6-5-7-9-11/h3,5-10H,1,4H2,2H3/b12-10+. The Balaban J connectivity index is 2.99. The number of carbonyl (C=O) groups excluding carboxylic acids is 2. The predicted molar refractivity (Wildman–Crippen MR) is 67.3 cm³/mol. The van der Waals surface area contributed by atoms with E-state index in [0.29, 0.717) is 5.56 Å². The minimum atomic E-state index is -0.630. The molecule has 18 heavy (non-hydrogen) atoms. The summed E-state index contributed by atoms with van der Waals surface area (Å²) in [7, 11) is 0. The van der Waals surface area contributed by atoms with E-state index in [1.165, 1.54) is 0 Å². The Morgan fingerprint density at radius 3 is 2.44 bits per heavy atom. The third kappa shape index (κ3) is 4.25. The van der Waals surface area contributed by atoms with Crippen LogP contribution in [-0.4, -0.2) is 18.5 Å². The Bertz CT molecular complexity index is 460. The molecule has 4 nitrogen and oxygen atoms in total. The molecule has 0 unspecified atom stereocenters. The lowest BCUT2D eigenvalue weighted by molar-refractivity contribution is -0.137. The molecule has 0 amide bonds. The van der Waals surface area contributed by atoms with E-state index in [9.17, 15) is 9.59 Å². The molecule has 4 heteroatoms. The van der Waals surface area contributed by atoms with Crippen molar-refractivity contribution in [3.8, 4) is 0 Å². The van der Waals surface area contributed by atoms with Gasteiger partial charge in [-0.1, -0.05) is 36.9 Å². The molecular weight excluding hydrogens is 232 g/mol. The first-order chi connectivity index (χ1) is 8.67. The van der Waals surface area contributed by atoms with Crippen molar-refractivity contribution in [2.75, 3.05) is 6.61 Å². The van der Waals surface area contributed by atoms with Crippen LogP contribution in [0.5, 0.6) is 0 Å². The van der Waals surface area contributed by atoms with E-state index in [-0.39, 0.29) is 12.4 Å². The minimum absolute atomic E-state index is 0.138. The fourth-order valence-electron chi connectivity index (χ4n) is 1.22. The maximum absolute atomic E-state index is 11.4. The quantitative estimate of drug-likeness (QED) is 0.454. The number of benzene rings is 1. The Hall–Kier alpha value is -2.36. The summed E-state index contributed by atoms with van der Waals surface area (Å²) >= 11 is 0. The van der Waals surface area contributed by atoms with Gasteiger partial charge in [0.15, 0.2) is 0 Å². The SMILES string of the molecule is C=CC(=O)O/C(=C/C(=O)OCC)c1ccccc1. The van der Waals surface area contributed by atoms with E-state index in [0.717, 1.165) is 12.2 Å². The lowest BCUT2D eigenvalue weighted by Crippen LogP contribution is -2.05. The summed E-state index contributed by atoms with van der Waals surface area (Å²) in [6, 6.07) is 8.82. The van der Waals surface area contributed by atoms with Crippen LogP contribution in [0.25, 0.3) is 5.76 Å². The van der Waals surface area contributed by atoms with Gasteiger partial charge < -0.3 is 9.47 Å². The molecule has 0 heterocycles. The summed E-state index contributed by atoms with van der Waals surface area (Å²) < 4.78 is 9.78. The van der Waals surface area contributed by atoms with Crippen molar-refractivity contribution in [2.45, 2.75) is 6.92 Å². The second-order valence-electron chi connectivity index (χ2n) is 3.25. The van der Waals surface area contributed by atoms with Gasteiger partial charge in [-0.15, -0.1) is 0 Å². The first kappa shape index (κ1) is 13.7. The van der Waals surface area contributed by atoms with Crippen LogP contribution in [0.15, 0.2) is 49.1 Å². The summed E-state index contributed by atoms with van der Waals surface area (Å²) in [6.45, 7) is 5.26. The van der Waals surface area contributed by atoms with Crippen molar-refractivity contribution in [3.63, 3.8) is 0 Å².